The van der Waals surface area contributed by atoms with E-state index in [0.717, 1.165) is 0 Å². The highest BCUT2D eigenvalue weighted by Crippen LogP contribution is 2.36. The number of carbonyl (C=O) groups is 3. The van der Waals surface area contributed by atoms with E-state index in [1.807, 2.05) is 0 Å². The Morgan fingerprint density at radius 2 is 1.81 bits per heavy atom. The molecule has 146 valence electrons. The maximum absolute atomic E-state index is 11.6. The fourth-order valence-electron chi connectivity index (χ4n) is 2.68. The lowest BCUT2D eigenvalue weighted by Gasteiger charge is -2.41. The largest absolute Gasteiger partial charge is 0.463 e. The SMILES string of the molecule is CC(=O)OC[C@H]1O[C@@H]2SC(=NCCO)N[C@@H]2[C@@H](OC(C)=O)[C@@H]1OC(C)=O. The van der Waals surface area contributed by atoms with Crippen molar-refractivity contribution in [2.45, 2.75) is 50.6 Å². The number of thioether (sulfide) groups is 1. The summed E-state index contributed by atoms with van der Waals surface area (Å²) in [5, 5.41) is 12.5. The first-order valence-electron chi connectivity index (χ1n) is 8.03. The van der Waals surface area contributed by atoms with Crippen LogP contribution in [-0.2, 0) is 33.3 Å². The Morgan fingerprint density at radius 3 is 2.38 bits per heavy atom. The first-order chi connectivity index (χ1) is 12.3. The highest BCUT2D eigenvalue weighted by molar-refractivity contribution is 8.14. The molecule has 0 unspecified atom stereocenters. The number of nitrogens with zero attached hydrogens (tertiary/aromatic N) is 1. The van der Waals surface area contributed by atoms with E-state index in [-0.39, 0.29) is 19.8 Å². The van der Waals surface area contributed by atoms with E-state index in [2.05, 4.69) is 10.3 Å². The minimum absolute atomic E-state index is 0.111. The molecule has 0 radical (unpaired) electrons. The van der Waals surface area contributed by atoms with Crippen molar-refractivity contribution in [3.05, 3.63) is 0 Å². The van der Waals surface area contributed by atoms with Gasteiger partial charge in [0.05, 0.1) is 13.2 Å². The highest BCUT2D eigenvalue weighted by atomic mass is 32.2. The van der Waals surface area contributed by atoms with Gasteiger partial charge in [0, 0.05) is 20.8 Å². The lowest BCUT2D eigenvalue weighted by Crippen LogP contribution is -2.62. The lowest BCUT2D eigenvalue weighted by atomic mass is 9.97. The van der Waals surface area contributed by atoms with Crippen molar-refractivity contribution in [1.82, 2.24) is 5.32 Å². The van der Waals surface area contributed by atoms with Crippen LogP contribution >= 0.6 is 11.8 Å². The molecule has 2 rings (SSSR count). The van der Waals surface area contributed by atoms with Crippen LogP contribution in [0.25, 0.3) is 0 Å². The van der Waals surface area contributed by atoms with Gasteiger partial charge in [-0.1, -0.05) is 11.8 Å². The lowest BCUT2D eigenvalue weighted by molar-refractivity contribution is -0.209. The number of aliphatic imine (C=N–C) groups is 1. The van der Waals surface area contributed by atoms with E-state index in [1.54, 1.807) is 0 Å². The maximum Gasteiger partial charge on any atom is 0.303 e. The van der Waals surface area contributed by atoms with Crippen molar-refractivity contribution in [3.63, 3.8) is 0 Å². The molecule has 0 aliphatic carbocycles. The van der Waals surface area contributed by atoms with E-state index in [4.69, 9.17) is 24.1 Å². The quantitative estimate of drug-likeness (QED) is 0.438. The molecule has 11 heteroatoms. The molecule has 0 aromatic rings. The third-order valence-corrected chi connectivity index (χ3v) is 4.68. The van der Waals surface area contributed by atoms with E-state index in [1.165, 1.54) is 32.5 Å². The Labute approximate surface area is 154 Å². The van der Waals surface area contributed by atoms with Crippen LogP contribution in [0.3, 0.4) is 0 Å². The molecule has 0 aromatic carbocycles. The van der Waals surface area contributed by atoms with Crippen LogP contribution < -0.4 is 5.32 Å². The molecule has 2 saturated heterocycles. The number of rotatable bonds is 6. The van der Waals surface area contributed by atoms with Crippen LogP contribution in [0.1, 0.15) is 20.8 Å². The molecule has 2 aliphatic rings. The average Bonchev–Trinajstić information content (AvgIpc) is 2.95. The number of amidine groups is 1. The Bertz CT molecular complexity index is 584. The molecule has 2 fully saturated rings. The first kappa shape index (κ1) is 20.5. The fourth-order valence-corrected chi connectivity index (χ4v) is 3.84. The molecule has 10 nitrogen and oxygen atoms in total. The van der Waals surface area contributed by atoms with E-state index < -0.39 is 47.7 Å². The van der Waals surface area contributed by atoms with Gasteiger partial charge >= 0.3 is 17.9 Å². The summed E-state index contributed by atoms with van der Waals surface area (Å²) in [7, 11) is 0. The van der Waals surface area contributed by atoms with Crippen molar-refractivity contribution in [2.75, 3.05) is 19.8 Å². The molecule has 0 saturated carbocycles. The number of nitrogens with one attached hydrogen (secondary N) is 1. The van der Waals surface area contributed by atoms with Crippen LogP contribution in [-0.4, -0.2) is 77.7 Å². The molecule has 0 bridgehead atoms. The topological polar surface area (TPSA) is 133 Å². The second kappa shape index (κ2) is 9.19. The van der Waals surface area contributed by atoms with Gasteiger partial charge in [-0.25, -0.2) is 0 Å². The van der Waals surface area contributed by atoms with Gasteiger partial charge < -0.3 is 29.4 Å². The molecular formula is C15H22N2O8S. The van der Waals surface area contributed by atoms with Crippen molar-refractivity contribution in [1.29, 1.82) is 0 Å². The number of hydrogen-bond acceptors (Lipinski definition) is 10. The third kappa shape index (κ3) is 5.32. The second-order valence-corrected chi connectivity index (χ2v) is 6.78. The van der Waals surface area contributed by atoms with Crippen LogP contribution in [0.15, 0.2) is 4.99 Å². The summed E-state index contributed by atoms with van der Waals surface area (Å²) >= 11 is 1.26. The number of ether oxygens (including phenoxy) is 4. The first-order valence-corrected chi connectivity index (χ1v) is 8.91. The van der Waals surface area contributed by atoms with Gasteiger partial charge in [0.25, 0.3) is 0 Å². The summed E-state index contributed by atoms with van der Waals surface area (Å²) in [6.45, 7) is 3.67. The predicted octanol–water partition coefficient (Wildman–Crippen LogP) is -0.809. The smallest absolute Gasteiger partial charge is 0.303 e. The Kier molecular flexibility index (Phi) is 7.23. The number of fused-ring (bicyclic) bond motifs is 1. The average molecular weight is 390 g/mol. The minimum atomic E-state index is -0.956. The monoisotopic (exact) mass is 390 g/mol. The van der Waals surface area contributed by atoms with Crippen LogP contribution in [0.4, 0.5) is 0 Å². The van der Waals surface area contributed by atoms with Gasteiger partial charge in [0.1, 0.15) is 24.2 Å². The minimum Gasteiger partial charge on any atom is -0.463 e. The zero-order chi connectivity index (χ0) is 19.3. The number of esters is 3. The molecule has 0 amide bonds. The Hall–Kier alpha value is -1.85. The summed E-state index contributed by atoms with van der Waals surface area (Å²) in [6.07, 6.45) is -2.62. The molecule has 26 heavy (non-hydrogen) atoms. The van der Waals surface area contributed by atoms with Crippen molar-refractivity contribution < 1.29 is 38.4 Å². The Balaban J connectivity index is 2.26. The molecule has 2 aliphatic heterocycles. The number of carbonyl (C=O) groups excluding carboxylic acids is 3. The molecular weight excluding hydrogens is 368 g/mol. The fraction of sp³-hybridized carbons (Fsp3) is 0.733. The normalized spacial score (nSPS) is 31.7. The molecule has 0 spiro atoms. The standard InChI is InChI=1S/C15H22N2O8S/c1-7(19)22-6-10-12(23-8(2)20)13(24-9(3)21)11-14(25-10)26-15(17-11)16-4-5-18/h10-14,18H,4-6H2,1-3H3,(H,16,17)/t10-,11-,12-,13-,14-/m1/s1. The van der Waals surface area contributed by atoms with Gasteiger partial charge in [0.2, 0.25) is 0 Å². The summed E-state index contributed by atoms with van der Waals surface area (Å²) < 4.78 is 21.6. The van der Waals surface area contributed by atoms with Gasteiger partial charge in [-0.3, -0.25) is 19.4 Å². The van der Waals surface area contributed by atoms with E-state index in [0.29, 0.717) is 5.17 Å². The Morgan fingerprint density at radius 1 is 1.15 bits per heavy atom. The molecule has 5 atom stereocenters. The number of aliphatic hydroxyl groups excluding tert-OH is 1. The molecule has 2 heterocycles. The van der Waals surface area contributed by atoms with Gasteiger partial charge in [0.15, 0.2) is 17.4 Å². The summed E-state index contributed by atoms with van der Waals surface area (Å²) in [5.74, 6) is -1.64. The number of aliphatic hydroxyl groups is 1. The number of hydrogen-bond donors (Lipinski definition) is 2. The van der Waals surface area contributed by atoms with Gasteiger partial charge in [-0.15, -0.1) is 0 Å². The third-order valence-electron chi connectivity index (χ3n) is 3.57. The van der Waals surface area contributed by atoms with Crippen LogP contribution in [0.5, 0.6) is 0 Å². The van der Waals surface area contributed by atoms with Crippen molar-refractivity contribution in [2.24, 2.45) is 4.99 Å². The maximum atomic E-state index is 11.6. The zero-order valence-electron chi connectivity index (χ0n) is 14.7. The summed E-state index contributed by atoms with van der Waals surface area (Å²) in [6, 6.07) is -0.515. The summed E-state index contributed by atoms with van der Waals surface area (Å²) in [5.41, 5.74) is -0.496. The highest BCUT2D eigenvalue weighted by Gasteiger charge is 2.53. The van der Waals surface area contributed by atoms with E-state index >= 15 is 0 Å². The summed E-state index contributed by atoms with van der Waals surface area (Å²) in [4.78, 5) is 38.4. The van der Waals surface area contributed by atoms with Crippen LogP contribution in [0, 0.1) is 0 Å². The van der Waals surface area contributed by atoms with Crippen molar-refractivity contribution in [3.8, 4) is 0 Å². The van der Waals surface area contributed by atoms with Gasteiger partial charge in [-0.05, 0) is 0 Å². The van der Waals surface area contributed by atoms with E-state index in [9.17, 15) is 14.4 Å². The van der Waals surface area contributed by atoms with Crippen LogP contribution in [0.2, 0.25) is 0 Å². The molecule has 0 aromatic heterocycles. The van der Waals surface area contributed by atoms with Crippen molar-refractivity contribution >= 4 is 34.8 Å². The zero-order valence-corrected chi connectivity index (χ0v) is 15.5. The van der Waals surface area contributed by atoms with Gasteiger partial charge in [-0.2, -0.15) is 0 Å². The second-order valence-electron chi connectivity index (χ2n) is 5.69. The predicted molar refractivity (Wildman–Crippen MR) is 90.3 cm³/mol. The molecule has 2 N–H and O–H groups in total.